The van der Waals surface area contributed by atoms with Crippen molar-refractivity contribution in [2.24, 2.45) is 0 Å². The first-order valence-electron chi connectivity index (χ1n) is 12.6. The molecule has 0 aliphatic heterocycles. The minimum Gasteiger partial charge on any atom is -0.377 e. The highest BCUT2D eigenvalue weighted by atomic mass is 16.5. The lowest BCUT2D eigenvalue weighted by molar-refractivity contribution is -0.123. The molecule has 0 aliphatic rings. The maximum absolute atomic E-state index is 11.8. The van der Waals surface area contributed by atoms with Crippen LogP contribution in [0, 0.1) is 0 Å². The lowest BCUT2D eigenvalue weighted by Gasteiger charge is -2.07. The standard InChI is InChI=1S/C25H49NO4/c1-3-4-5-6-7-8-9-10-11-12-13-14-15-16-17-18-25(28)26-19-20-29-21-22-30-23-24(2)27/h3-23H2,1-2H3,(H,26,28). The molecule has 1 amide bonds. The van der Waals surface area contributed by atoms with Crippen LogP contribution < -0.4 is 5.32 Å². The van der Waals surface area contributed by atoms with Crippen molar-refractivity contribution >= 4 is 11.7 Å². The van der Waals surface area contributed by atoms with Crippen molar-refractivity contribution in [1.29, 1.82) is 0 Å². The molecule has 5 nitrogen and oxygen atoms in total. The molecular formula is C25H49NO4. The van der Waals surface area contributed by atoms with E-state index < -0.39 is 0 Å². The van der Waals surface area contributed by atoms with Crippen LogP contribution in [0.3, 0.4) is 0 Å². The van der Waals surface area contributed by atoms with Crippen molar-refractivity contribution in [3.8, 4) is 0 Å². The molecule has 0 unspecified atom stereocenters. The Morgan fingerprint density at radius 2 is 1.10 bits per heavy atom. The smallest absolute Gasteiger partial charge is 0.220 e. The molecule has 0 saturated heterocycles. The summed E-state index contributed by atoms with van der Waals surface area (Å²) in [5.74, 6) is 0.127. The summed E-state index contributed by atoms with van der Waals surface area (Å²) in [7, 11) is 0. The highest BCUT2D eigenvalue weighted by molar-refractivity contribution is 5.76. The number of carbonyl (C=O) groups is 2. The third-order valence-electron chi connectivity index (χ3n) is 5.25. The van der Waals surface area contributed by atoms with Gasteiger partial charge in [0.05, 0.1) is 19.8 Å². The summed E-state index contributed by atoms with van der Waals surface area (Å²) in [5, 5.41) is 2.88. The van der Waals surface area contributed by atoms with Crippen molar-refractivity contribution in [3.63, 3.8) is 0 Å². The van der Waals surface area contributed by atoms with E-state index in [0.29, 0.717) is 32.8 Å². The number of amides is 1. The van der Waals surface area contributed by atoms with Gasteiger partial charge in [-0.1, -0.05) is 96.8 Å². The first-order valence-corrected chi connectivity index (χ1v) is 12.6. The molecule has 0 heterocycles. The van der Waals surface area contributed by atoms with Crippen molar-refractivity contribution in [1.82, 2.24) is 5.32 Å². The second-order valence-electron chi connectivity index (χ2n) is 8.42. The molecule has 5 heteroatoms. The molecule has 0 bridgehead atoms. The van der Waals surface area contributed by atoms with Gasteiger partial charge in [0, 0.05) is 13.0 Å². The molecule has 0 rings (SSSR count). The zero-order valence-electron chi connectivity index (χ0n) is 20.0. The molecule has 0 aliphatic carbocycles. The molecule has 1 N–H and O–H groups in total. The molecule has 0 aromatic carbocycles. The number of nitrogens with one attached hydrogen (secondary N) is 1. The molecule has 178 valence electrons. The topological polar surface area (TPSA) is 64.6 Å². The number of ketones is 1. The average molecular weight is 428 g/mol. The first-order chi connectivity index (χ1) is 14.7. The van der Waals surface area contributed by atoms with Crippen molar-refractivity contribution in [2.75, 3.05) is 33.0 Å². The van der Waals surface area contributed by atoms with E-state index in [9.17, 15) is 9.59 Å². The SMILES string of the molecule is CCCCCCCCCCCCCCCCCC(=O)NCCOCCOCC(C)=O. The van der Waals surface area contributed by atoms with Crippen LogP contribution in [0.5, 0.6) is 0 Å². The van der Waals surface area contributed by atoms with Crippen LogP contribution in [0.25, 0.3) is 0 Å². The van der Waals surface area contributed by atoms with Crippen LogP contribution in [0.15, 0.2) is 0 Å². The lowest BCUT2D eigenvalue weighted by Crippen LogP contribution is -2.27. The number of carbonyl (C=O) groups excluding carboxylic acids is 2. The zero-order valence-corrected chi connectivity index (χ0v) is 20.0. The monoisotopic (exact) mass is 427 g/mol. The summed E-state index contributed by atoms with van der Waals surface area (Å²) in [4.78, 5) is 22.4. The molecule has 0 spiro atoms. The van der Waals surface area contributed by atoms with Crippen LogP contribution in [0.1, 0.15) is 117 Å². The summed E-state index contributed by atoms with van der Waals surface area (Å²) in [5.41, 5.74) is 0. The van der Waals surface area contributed by atoms with Gasteiger partial charge in [-0.05, 0) is 13.3 Å². The zero-order chi connectivity index (χ0) is 22.1. The molecular weight excluding hydrogens is 378 g/mol. The Kier molecular flexibility index (Phi) is 23.6. The summed E-state index contributed by atoms with van der Waals surface area (Å²) >= 11 is 0. The van der Waals surface area contributed by atoms with Gasteiger partial charge in [0.25, 0.3) is 0 Å². The van der Waals surface area contributed by atoms with Gasteiger partial charge in [-0.2, -0.15) is 0 Å². The predicted molar refractivity (Wildman–Crippen MR) is 125 cm³/mol. The van der Waals surface area contributed by atoms with Gasteiger partial charge in [0.2, 0.25) is 5.91 Å². The largest absolute Gasteiger partial charge is 0.377 e. The highest BCUT2D eigenvalue weighted by Crippen LogP contribution is 2.13. The van der Waals surface area contributed by atoms with Crippen molar-refractivity contribution in [3.05, 3.63) is 0 Å². The van der Waals surface area contributed by atoms with E-state index in [4.69, 9.17) is 9.47 Å². The van der Waals surface area contributed by atoms with E-state index in [0.717, 1.165) is 12.8 Å². The minimum absolute atomic E-state index is 0.0149. The Bertz CT molecular complexity index is 387. The lowest BCUT2D eigenvalue weighted by atomic mass is 10.0. The van der Waals surface area contributed by atoms with Crippen LogP contribution in [0.4, 0.5) is 0 Å². The number of hydrogen-bond donors (Lipinski definition) is 1. The number of hydrogen-bond acceptors (Lipinski definition) is 4. The summed E-state index contributed by atoms with van der Waals surface area (Å²) in [6.45, 7) is 5.77. The first kappa shape index (κ1) is 29.1. The van der Waals surface area contributed by atoms with Crippen LogP contribution in [0.2, 0.25) is 0 Å². The number of rotatable bonds is 24. The molecule has 0 radical (unpaired) electrons. The maximum Gasteiger partial charge on any atom is 0.220 e. The predicted octanol–water partition coefficient (Wildman–Crippen LogP) is 5.99. The average Bonchev–Trinajstić information content (AvgIpc) is 2.72. The molecule has 0 atom stereocenters. The molecule has 30 heavy (non-hydrogen) atoms. The third kappa shape index (κ3) is 25.1. The van der Waals surface area contributed by atoms with E-state index in [1.165, 1.54) is 90.4 Å². The third-order valence-corrected chi connectivity index (χ3v) is 5.25. The van der Waals surface area contributed by atoms with Gasteiger partial charge in [-0.25, -0.2) is 0 Å². The molecule has 0 aromatic rings. The Morgan fingerprint density at radius 1 is 0.633 bits per heavy atom. The Balaban J connectivity index is 3.15. The number of ether oxygens (including phenoxy) is 2. The van der Waals surface area contributed by atoms with E-state index in [1.807, 2.05) is 0 Å². The summed E-state index contributed by atoms with van der Waals surface area (Å²) in [6, 6.07) is 0. The Morgan fingerprint density at radius 3 is 1.60 bits per heavy atom. The van der Waals surface area contributed by atoms with Gasteiger partial charge in [-0.15, -0.1) is 0 Å². The maximum atomic E-state index is 11.8. The number of Topliss-reactive ketones (excluding diaryl/α,β-unsaturated/α-hetero) is 1. The van der Waals surface area contributed by atoms with Crippen LogP contribution >= 0.6 is 0 Å². The Hall–Kier alpha value is -0.940. The van der Waals surface area contributed by atoms with Gasteiger partial charge in [-0.3, -0.25) is 9.59 Å². The van der Waals surface area contributed by atoms with E-state index in [2.05, 4.69) is 12.2 Å². The van der Waals surface area contributed by atoms with Gasteiger partial charge in [0.1, 0.15) is 6.61 Å². The quantitative estimate of drug-likeness (QED) is 0.192. The van der Waals surface area contributed by atoms with Crippen LogP contribution in [-0.2, 0) is 19.1 Å². The van der Waals surface area contributed by atoms with Gasteiger partial charge >= 0.3 is 0 Å². The normalized spacial score (nSPS) is 11.0. The summed E-state index contributed by atoms with van der Waals surface area (Å²) < 4.78 is 10.4. The van der Waals surface area contributed by atoms with E-state index in [1.54, 1.807) is 0 Å². The van der Waals surface area contributed by atoms with Gasteiger partial charge in [0.15, 0.2) is 5.78 Å². The van der Waals surface area contributed by atoms with Crippen molar-refractivity contribution < 1.29 is 19.1 Å². The van der Waals surface area contributed by atoms with Gasteiger partial charge < -0.3 is 14.8 Å². The summed E-state index contributed by atoms with van der Waals surface area (Å²) in [6.07, 6.45) is 20.7. The van der Waals surface area contributed by atoms with Crippen LogP contribution in [-0.4, -0.2) is 44.7 Å². The molecule has 0 saturated carbocycles. The molecule has 0 aromatic heterocycles. The fourth-order valence-corrected chi connectivity index (χ4v) is 3.44. The second-order valence-corrected chi connectivity index (χ2v) is 8.42. The number of unbranched alkanes of at least 4 members (excludes halogenated alkanes) is 14. The highest BCUT2D eigenvalue weighted by Gasteiger charge is 2.01. The van der Waals surface area contributed by atoms with E-state index in [-0.39, 0.29) is 18.3 Å². The Labute approximate surface area is 186 Å². The van der Waals surface area contributed by atoms with Crippen molar-refractivity contribution in [2.45, 2.75) is 117 Å². The van der Waals surface area contributed by atoms with E-state index >= 15 is 0 Å². The second kappa shape index (κ2) is 24.3. The molecule has 0 fully saturated rings. The fourth-order valence-electron chi connectivity index (χ4n) is 3.44. The fraction of sp³-hybridized carbons (Fsp3) is 0.920. The minimum atomic E-state index is 0.0149.